The molecule has 1 atom stereocenters. The van der Waals surface area contributed by atoms with Crippen molar-refractivity contribution in [3.8, 4) is 5.75 Å². The molecule has 1 unspecified atom stereocenters. The maximum absolute atomic E-state index is 12.7. The maximum Gasteiger partial charge on any atom is 0.255 e. The van der Waals surface area contributed by atoms with Gasteiger partial charge in [0.15, 0.2) is 0 Å². The molecule has 1 amide bonds. The number of carbonyl (C=O) groups excluding carboxylic acids is 1. The lowest BCUT2D eigenvalue weighted by Crippen LogP contribution is -2.36. The van der Waals surface area contributed by atoms with Crippen molar-refractivity contribution in [2.24, 2.45) is 0 Å². The van der Waals surface area contributed by atoms with Crippen LogP contribution in [0.2, 0.25) is 0 Å². The number of furan rings is 1. The number of carbonyl (C=O) groups is 1. The summed E-state index contributed by atoms with van der Waals surface area (Å²) in [6.07, 6.45) is 4.98. The topological polar surface area (TPSA) is 54.7 Å². The highest BCUT2D eigenvalue weighted by atomic mass is 16.5. The van der Waals surface area contributed by atoms with Crippen LogP contribution in [0.1, 0.15) is 48.3 Å². The van der Waals surface area contributed by atoms with Crippen LogP contribution in [0, 0.1) is 0 Å². The van der Waals surface area contributed by atoms with Crippen LogP contribution in [0.25, 0.3) is 0 Å². The zero-order valence-corrected chi connectivity index (χ0v) is 14.7. The second-order valence-electron chi connectivity index (χ2n) is 6.33. The molecule has 1 aromatic carbocycles. The van der Waals surface area contributed by atoms with Crippen LogP contribution >= 0.6 is 0 Å². The van der Waals surface area contributed by atoms with Gasteiger partial charge in [0.05, 0.1) is 24.5 Å². The smallest absolute Gasteiger partial charge is 0.255 e. The minimum absolute atomic E-state index is 0.0742. The van der Waals surface area contributed by atoms with Crippen molar-refractivity contribution < 1.29 is 13.9 Å². The first-order chi connectivity index (χ1) is 12.3. The monoisotopic (exact) mass is 342 g/mol. The predicted octanol–water partition coefficient (Wildman–Crippen LogP) is 3.64. The van der Waals surface area contributed by atoms with Crippen LogP contribution in [0.15, 0.2) is 47.1 Å². The number of ether oxygens (including phenoxy) is 1. The first-order valence-electron chi connectivity index (χ1n) is 9.07. The fourth-order valence-electron chi connectivity index (χ4n) is 3.22. The van der Waals surface area contributed by atoms with Crippen molar-refractivity contribution in [1.82, 2.24) is 10.2 Å². The number of benzene rings is 1. The highest BCUT2D eigenvalue weighted by Crippen LogP contribution is 2.25. The Hall–Kier alpha value is -2.27. The Kier molecular flexibility index (Phi) is 6.12. The summed E-state index contributed by atoms with van der Waals surface area (Å²) in [5.41, 5.74) is 0.579. The number of hydrogen-bond donors (Lipinski definition) is 1. The molecule has 1 fully saturated rings. The zero-order valence-electron chi connectivity index (χ0n) is 14.7. The average molecular weight is 342 g/mol. The molecular weight excluding hydrogens is 316 g/mol. The van der Waals surface area contributed by atoms with E-state index >= 15 is 0 Å². The van der Waals surface area contributed by atoms with Gasteiger partial charge in [-0.1, -0.05) is 19.1 Å². The summed E-state index contributed by atoms with van der Waals surface area (Å²) >= 11 is 0. The average Bonchev–Trinajstić information content (AvgIpc) is 3.34. The van der Waals surface area contributed by atoms with Crippen LogP contribution in [-0.4, -0.2) is 37.0 Å². The van der Waals surface area contributed by atoms with Gasteiger partial charge in [-0.3, -0.25) is 9.69 Å². The summed E-state index contributed by atoms with van der Waals surface area (Å²) in [5, 5.41) is 3.06. The number of amides is 1. The molecule has 1 saturated heterocycles. The number of nitrogens with one attached hydrogen (secondary N) is 1. The Labute approximate surface area is 149 Å². The van der Waals surface area contributed by atoms with E-state index in [4.69, 9.17) is 9.15 Å². The van der Waals surface area contributed by atoms with Crippen molar-refractivity contribution >= 4 is 5.91 Å². The molecule has 1 aromatic heterocycles. The molecule has 134 valence electrons. The zero-order chi connectivity index (χ0) is 17.5. The third-order valence-corrected chi connectivity index (χ3v) is 4.50. The number of nitrogens with zero attached hydrogens (tertiary/aromatic N) is 1. The summed E-state index contributed by atoms with van der Waals surface area (Å²) < 4.78 is 11.3. The molecule has 5 nitrogen and oxygen atoms in total. The van der Waals surface area contributed by atoms with E-state index < -0.39 is 0 Å². The van der Waals surface area contributed by atoms with Crippen LogP contribution in [0.4, 0.5) is 0 Å². The lowest BCUT2D eigenvalue weighted by atomic mass is 10.1. The predicted molar refractivity (Wildman–Crippen MR) is 96.8 cm³/mol. The van der Waals surface area contributed by atoms with E-state index in [1.54, 1.807) is 12.3 Å². The van der Waals surface area contributed by atoms with Gasteiger partial charge in [0.1, 0.15) is 11.5 Å². The number of likely N-dealkylation sites (tertiary alicyclic amines) is 1. The van der Waals surface area contributed by atoms with E-state index in [1.165, 1.54) is 12.8 Å². The van der Waals surface area contributed by atoms with Gasteiger partial charge in [0.25, 0.3) is 5.91 Å². The molecule has 0 bridgehead atoms. The number of para-hydroxylation sites is 1. The minimum atomic E-state index is -0.109. The van der Waals surface area contributed by atoms with Crippen LogP contribution in [-0.2, 0) is 0 Å². The SMILES string of the molecule is CCCOc1ccccc1C(=O)NCC(c1ccco1)N1CCCC1. The molecule has 0 radical (unpaired) electrons. The largest absolute Gasteiger partial charge is 0.493 e. The van der Waals surface area contributed by atoms with Crippen molar-refractivity contribution in [2.45, 2.75) is 32.2 Å². The van der Waals surface area contributed by atoms with Gasteiger partial charge in [0, 0.05) is 6.54 Å². The summed E-state index contributed by atoms with van der Waals surface area (Å²) in [7, 11) is 0. The molecule has 1 N–H and O–H groups in total. The second-order valence-corrected chi connectivity index (χ2v) is 6.33. The molecule has 2 heterocycles. The van der Waals surface area contributed by atoms with E-state index in [-0.39, 0.29) is 11.9 Å². The van der Waals surface area contributed by atoms with Gasteiger partial charge >= 0.3 is 0 Å². The number of hydrogen-bond acceptors (Lipinski definition) is 4. The van der Waals surface area contributed by atoms with Gasteiger partial charge in [-0.05, 0) is 56.6 Å². The van der Waals surface area contributed by atoms with Crippen molar-refractivity contribution in [3.63, 3.8) is 0 Å². The normalized spacial score (nSPS) is 15.9. The third kappa shape index (κ3) is 4.42. The summed E-state index contributed by atoms with van der Waals surface area (Å²) in [4.78, 5) is 15.1. The van der Waals surface area contributed by atoms with Crippen LogP contribution in [0.5, 0.6) is 5.75 Å². The lowest BCUT2D eigenvalue weighted by molar-refractivity contribution is 0.0929. The Bertz CT molecular complexity index is 663. The second kappa shape index (κ2) is 8.72. The molecule has 1 aliphatic rings. The quantitative estimate of drug-likeness (QED) is 0.796. The first kappa shape index (κ1) is 17.5. The van der Waals surface area contributed by atoms with E-state index in [0.29, 0.717) is 24.5 Å². The Balaban J connectivity index is 1.67. The fraction of sp³-hybridized carbons (Fsp3) is 0.450. The van der Waals surface area contributed by atoms with Crippen molar-refractivity contribution in [2.75, 3.05) is 26.2 Å². The molecule has 0 saturated carbocycles. The molecule has 0 aliphatic carbocycles. The lowest BCUT2D eigenvalue weighted by Gasteiger charge is -2.26. The molecular formula is C20H26N2O3. The third-order valence-electron chi connectivity index (χ3n) is 4.50. The molecule has 25 heavy (non-hydrogen) atoms. The number of rotatable bonds is 8. The van der Waals surface area contributed by atoms with Gasteiger partial charge in [-0.15, -0.1) is 0 Å². The highest BCUT2D eigenvalue weighted by Gasteiger charge is 2.26. The molecule has 1 aliphatic heterocycles. The Morgan fingerprint density at radius 2 is 2.04 bits per heavy atom. The molecule has 3 rings (SSSR count). The Morgan fingerprint density at radius 3 is 2.76 bits per heavy atom. The molecule has 0 spiro atoms. The minimum Gasteiger partial charge on any atom is -0.493 e. The summed E-state index contributed by atoms with van der Waals surface area (Å²) in [6, 6.07) is 11.3. The van der Waals surface area contributed by atoms with Crippen molar-refractivity contribution in [1.29, 1.82) is 0 Å². The van der Waals surface area contributed by atoms with E-state index in [2.05, 4.69) is 10.2 Å². The Morgan fingerprint density at radius 1 is 1.24 bits per heavy atom. The fourth-order valence-corrected chi connectivity index (χ4v) is 3.22. The standard InChI is InChI=1S/C20H26N2O3/c1-2-13-24-18-9-4-3-8-16(18)20(23)21-15-17(19-10-7-14-25-19)22-11-5-6-12-22/h3-4,7-10,14,17H,2,5-6,11-13,15H2,1H3,(H,21,23). The van der Waals surface area contributed by atoms with Gasteiger partial charge < -0.3 is 14.5 Å². The highest BCUT2D eigenvalue weighted by molar-refractivity contribution is 5.96. The van der Waals surface area contributed by atoms with E-state index in [9.17, 15) is 4.79 Å². The van der Waals surface area contributed by atoms with Crippen LogP contribution < -0.4 is 10.1 Å². The summed E-state index contributed by atoms with van der Waals surface area (Å²) in [5.74, 6) is 1.43. The first-order valence-corrected chi connectivity index (χ1v) is 9.07. The van der Waals surface area contributed by atoms with Gasteiger partial charge in [-0.25, -0.2) is 0 Å². The summed E-state index contributed by atoms with van der Waals surface area (Å²) in [6.45, 7) is 5.25. The van der Waals surface area contributed by atoms with E-state index in [0.717, 1.165) is 25.3 Å². The van der Waals surface area contributed by atoms with Gasteiger partial charge in [0.2, 0.25) is 0 Å². The van der Waals surface area contributed by atoms with Gasteiger partial charge in [-0.2, -0.15) is 0 Å². The van der Waals surface area contributed by atoms with Crippen LogP contribution in [0.3, 0.4) is 0 Å². The van der Waals surface area contributed by atoms with E-state index in [1.807, 2.05) is 37.3 Å². The molecule has 5 heteroatoms. The van der Waals surface area contributed by atoms with Crippen molar-refractivity contribution in [3.05, 3.63) is 54.0 Å². The maximum atomic E-state index is 12.7. The molecule has 2 aromatic rings.